The summed E-state index contributed by atoms with van der Waals surface area (Å²) in [4.78, 5) is 15.5. The van der Waals surface area contributed by atoms with Crippen molar-refractivity contribution in [3.05, 3.63) is 5.21 Å². The third-order valence-electron chi connectivity index (χ3n) is 1.10. The Hall–Kier alpha value is -0.980. The van der Waals surface area contributed by atoms with Gasteiger partial charge in [0.25, 0.3) is 0 Å². The molecule has 0 aromatic carbocycles. The fourth-order valence-corrected chi connectivity index (χ4v) is 0.867. The van der Waals surface area contributed by atoms with Gasteiger partial charge in [-0.2, -0.15) is 0 Å². The summed E-state index contributed by atoms with van der Waals surface area (Å²) >= 11 is 1.41. The van der Waals surface area contributed by atoms with E-state index < -0.39 is 12.1 Å². The summed E-state index contributed by atoms with van der Waals surface area (Å²) in [6.45, 7) is 2.86. The molecule has 1 unspecified atom stereocenters. The third-order valence-corrected chi connectivity index (χ3v) is 1.44. The van der Waals surface area contributed by atoms with Crippen molar-refractivity contribution in [3.63, 3.8) is 0 Å². The Morgan fingerprint density at radius 1 is 1.71 bits per heavy atom. The number of esters is 1. The molecule has 14 heavy (non-hydrogen) atoms. The Labute approximate surface area is 86.8 Å². The number of hydroxylamine groups is 1. The number of thioether (sulfide) groups is 1. The molecule has 6 nitrogen and oxygen atoms in total. The predicted molar refractivity (Wildman–Crippen MR) is 51.6 cm³/mol. The quantitative estimate of drug-likeness (QED) is 0.168. The van der Waals surface area contributed by atoms with Gasteiger partial charge in [-0.3, -0.25) is 4.79 Å². The lowest BCUT2D eigenvalue weighted by molar-refractivity contribution is -0.564. The summed E-state index contributed by atoms with van der Waals surface area (Å²) in [6, 6.07) is 0. The lowest BCUT2D eigenvalue weighted by Gasteiger charge is -2.08. The molecule has 0 amide bonds. The Bertz CT molecular complexity index is 210. The van der Waals surface area contributed by atoms with Crippen LogP contribution in [0.2, 0.25) is 0 Å². The first-order valence-corrected chi connectivity index (χ1v) is 5.39. The van der Waals surface area contributed by atoms with E-state index in [1.807, 2.05) is 6.26 Å². The van der Waals surface area contributed by atoms with Gasteiger partial charge in [-0.1, -0.05) is 4.86 Å². The first-order chi connectivity index (χ1) is 6.56. The molecule has 0 saturated heterocycles. The highest BCUT2D eigenvalue weighted by molar-refractivity contribution is 7.98. The normalized spacial score (nSPS) is 13.5. The van der Waals surface area contributed by atoms with Crippen LogP contribution in [0.25, 0.3) is 0 Å². The first kappa shape index (κ1) is 13.0. The maximum Gasteiger partial charge on any atom is 0.303 e. The summed E-state index contributed by atoms with van der Waals surface area (Å²) < 4.78 is 4.73. The molecular weight excluding hydrogens is 208 g/mol. The number of carbonyl (C=O) groups is 1. The fourth-order valence-electron chi connectivity index (χ4n) is 0.715. The van der Waals surface area contributed by atoms with Crippen LogP contribution in [0.5, 0.6) is 0 Å². The van der Waals surface area contributed by atoms with E-state index in [1.54, 1.807) is 6.92 Å². The van der Waals surface area contributed by atoms with Gasteiger partial charge in [-0.15, -0.1) is 11.8 Å². The fraction of sp³-hybridized carbons (Fsp3) is 0.857. The summed E-state index contributed by atoms with van der Waals surface area (Å²) in [5.41, 5.74) is 0. The second-order valence-corrected chi connectivity index (χ2v) is 3.39. The van der Waals surface area contributed by atoms with Crippen molar-refractivity contribution in [3.8, 4) is 0 Å². The molecule has 0 saturated carbocycles. The Kier molecular flexibility index (Phi) is 6.91. The monoisotopic (exact) mass is 222 g/mol. The minimum absolute atomic E-state index is 0.0338. The Morgan fingerprint density at radius 3 is 2.86 bits per heavy atom. The molecule has 1 atom stereocenters. The molecule has 0 aliphatic rings. The van der Waals surface area contributed by atoms with Gasteiger partial charge in [0, 0.05) is 6.92 Å². The van der Waals surface area contributed by atoms with Crippen molar-refractivity contribution in [2.24, 2.45) is 5.28 Å². The summed E-state index contributed by atoms with van der Waals surface area (Å²) in [6.07, 6.45) is 1.33. The topological polar surface area (TPSA) is 74.0 Å². The number of hydrogen-bond donors (Lipinski definition) is 0. The molecule has 7 heteroatoms. The average Bonchev–Trinajstić information content (AvgIpc) is 2.02. The molecule has 0 heterocycles. The van der Waals surface area contributed by atoms with Crippen LogP contribution in [-0.4, -0.2) is 35.7 Å². The molecule has 0 aliphatic heterocycles. The van der Waals surface area contributed by atoms with Crippen LogP contribution in [0.4, 0.5) is 0 Å². The maximum atomic E-state index is 10.9. The zero-order valence-corrected chi connectivity index (χ0v) is 9.24. The molecule has 0 aromatic heterocycles. The van der Waals surface area contributed by atoms with Gasteiger partial charge in [0.2, 0.25) is 11.8 Å². The van der Waals surface area contributed by atoms with E-state index in [0.717, 1.165) is 0 Å². The smallest absolute Gasteiger partial charge is 0.303 e. The average molecular weight is 222 g/mol. The van der Waals surface area contributed by atoms with Crippen LogP contribution in [0, 0.1) is 5.21 Å². The molecule has 82 valence electrons. The lowest BCUT2D eigenvalue weighted by Crippen LogP contribution is -2.22. The Balaban J connectivity index is 3.74. The molecule has 0 N–H and O–H groups in total. The molecule has 0 bridgehead atoms. The Morgan fingerprint density at radius 2 is 2.36 bits per heavy atom. The molecule has 0 aromatic rings. The molecule has 0 radical (unpaired) electrons. The SMILES string of the molecule is CSCON=[N+]([O-])CC(C)OC(C)=O. The van der Waals surface area contributed by atoms with Gasteiger partial charge in [-0.05, 0) is 13.2 Å². The van der Waals surface area contributed by atoms with Crippen molar-refractivity contribution in [2.45, 2.75) is 20.0 Å². The first-order valence-electron chi connectivity index (χ1n) is 4.00. The van der Waals surface area contributed by atoms with Gasteiger partial charge < -0.3 is 14.8 Å². The van der Waals surface area contributed by atoms with Crippen molar-refractivity contribution in [2.75, 3.05) is 18.7 Å². The second-order valence-electron chi connectivity index (χ2n) is 2.57. The van der Waals surface area contributed by atoms with Crippen LogP contribution in [0.1, 0.15) is 13.8 Å². The highest BCUT2D eigenvalue weighted by Gasteiger charge is 2.11. The van der Waals surface area contributed by atoms with Gasteiger partial charge in [0.15, 0.2) is 12.0 Å². The summed E-state index contributed by atoms with van der Waals surface area (Å²) in [5.74, 6) is -0.100. The molecule has 0 spiro atoms. The minimum atomic E-state index is -0.494. The zero-order chi connectivity index (χ0) is 11.0. The highest BCUT2D eigenvalue weighted by atomic mass is 32.2. The van der Waals surface area contributed by atoms with E-state index in [2.05, 4.69) is 10.1 Å². The maximum absolute atomic E-state index is 10.9. The highest BCUT2D eigenvalue weighted by Crippen LogP contribution is 1.95. The number of ether oxygens (including phenoxy) is 1. The number of hydrogen-bond acceptors (Lipinski definition) is 6. The number of carbonyl (C=O) groups excluding carboxylic acids is 1. The van der Waals surface area contributed by atoms with Crippen LogP contribution in [0.15, 0.2) is 5.28 Å². The van der Waals surface area contributed by atoms with Crippen LogP contribution >= 0.6 is 11.8 Å². The van der Waals surface area contributed by atoms with E-state index in [-0.39, 0.29) is 6.54 Å². The predicted octanol–water partition coefficient (Wildman–Crippen LogP) is 1.15. The number of rotatable bonds is 6. The van der Waals surface area contributed by atoms with Crippen molar-refractivity contribution in [1.82, 2.24) is 0 Å². The molecule has 0 rings (SSSR count). The number of nitrogens with zero attached hydrogens (tertiary/aromatic N) is 2. The van der Waals surface area contributed by atoms with Crippen molar-refractivity contribution >= 4 is 17.7 Å². The summed E-state index contributed by atoms with van der Waals surface area (Å²) in [7, 11) is 0. The van der Waals surface area contributed by atoms with Crippen molar-refractivity contribution in [1.29, 1.82) is 0 Å². The van der Waals surface area contributed by atoms with Crippen LogP contribution in [-0.2, 0) is 14.4 Å². The minimum Gasteiger partial charge on any atom is -0.597 e. The van der Waals surface area contributed by atoms with Crippen LogP contribution < -0.4 is 0 Å². The van der Waals surface area contributed by atoms with Gasteiger partial charge in [0.1, 0.15) is 0 Å². The van der Waals surface area contributed by atoms with E-state index in [4.69, 9.17) is 4.74 Å². The van der Waals surface area contributed by atoms with Gasteiger partial charge in [-0.25, -0.2) is 0 Å². The second kappa shape index (κ2) is 7.43. The standard InChI is InChI=1S/C7H14N2O4S/c1-6(13-7(2)10)4-9(11)8-12-5-14-3/h6H,4-5H2,1-3H3. The van der Waals surface area contributed by atoms with Gasteiger partial charge >= 0.3 is 5.97 Å². The van der Waals surface area contributed by atoms with Gasteiger partial charge in [0.05, 0.1) is 0 Å². The molecule has 0 fully saturated rings. The van der Waals surface area contributed by atoms with Crippen LogP contribution in [0.3, 0.4) is 0 Å². The van der Waals surface area contributed by atoms with E-state index in [9.17, 15) is 10.0 Å². The largest absolute Gasteiger partial charge is 0.597 e. The van der Waals surface area contributed by atoms with E-state index in [1.165, 1.54) is 18.7 Å². The van der Waals surface area contributed by atoms with E-state index >= 15 is 0 Å². The van der Waals surface area contributed by atoms with E-state index in [0.29, 0.717) is 10.8 Å². The third kappa shape index (κ3) is 7.66. The lowest BCUT2D eigenvalue weighted by atomic mass is 10.4. The molecule has 0 aliphatic carbocycles. The molecular formula is C7H14N2O4S. The summed E-state index contributed by atoms with van der Waals surface area (Å²) in [5, 5.41) is 14.2. The van der Waals surface area contributed by atoms with Crippen molar-refractivity contribution < 1.29 is 19.2 Å². The zero-order valence-electron chi connectivity index (χ0n) is 8.43.